The monoisotopic (exact) mass is 280 g/mol. The Hall–Kier alpha value is -1.14. The average Bonchev–Trinajstić information content (AvgIpc) is 2.99. The van der Waals surface area contributed by atoms with Crippen molar-refractivity contribution >= 4 is 33.7 Å². The molecule has 1 aliphatic rings. The average molecular weight is 280 g/mol. The maximum Gasteiger partial charge on any atom is 0.142 e. The number of hydrogen-bond acceptors (Lipinski definition) is 6. The minimum atomic E-state index is 0.642. The second-order valence-corrected chi connectivity index (χ2v) is 6.47. The second kappa shape index (κ2) is 4.51. The molecule has 1 saturated carbocycles. The van der Waals surface area contributed by atoms with E-state index in [-0.39, 0.29) is 0 Å². The molecule has 2 N–H and O–H groups in total. The first-order valence-electron chi connectivity index (χ1n) is 6.02. The minimum absolute atomic E-state index is 0.642. The van der Waals surface area contributed by atoms with Gasteiger partial charge < -0.3 is 10.6 Å². The molecule has 4 nitrogen and oxygen atoms in total. The maximum absolute atomic E-state index is 5.99. The van der Waals surface area contributed by atoms with Crippen LogP contribution in [0.5, 0.6) is 0 Å². The standard InChI is InChI=1S/C12H16N4S2/c1-7-9(17-6-14-7)5-16(2)12-10(8-3-4-8)11(13)15-18-12/h6,8H,3-5H2,1-2H3,(H2,13,15). The van der Waals surface area contributed by atoms with Gasteiger partial charge in [0.15, 0.2) is 0 Å². The van der Waals surface area contributed by atoms with E-state index in [0.29, 0.717) is 5.92 Å². The summed E-state index contributed by atoms with van der Waals surface area (Å²) in [7, 11) is 2.11. The number of nitrogens with two attached hydrogens (primary N) is 1. The number of nitrogen functional groups attached to an aromatic ring is 1. The molecule has 0 bridgehead atoms. The molecule has 0 radical (unpaired) electrons. The molecule has 2 aromatic heterocycles. The van der Waals surface area contributed by atoms with Gasteiger partial charge in [-0.1, -0.05) is 0 Å². The smallest absolute Gasteiger partial charge is 0.142 e. The van der Waals surface area contributed by atoms with Crippen molar-refractivity contribution in [3.8, 4) is 0 Å². The van der Waals surface area contributed by atoms with Gasteiger partial charge in [0.2, 0.25) is 0 Å². The van der Waals surface area contributed by atoms with E-state index in [4.69, 9.17) is 5.73 Å². The fraction of sp³-hybridized carbons (Fsp3) is 0.500. The highest BCUT2D eigenvalue weighted by Crippen LogP contribution is 2.48. The Balaban J connectivity index is 1.84. The molecule has 0 saturated heterocycles. The van der Waals surface area contributed by atoms with Crippen LogP contribution in [0.2, 0.25) is 0 Å². The van der Waals surface area contributed by atoms with Crippen molar-refractivity contribution in [2.75, 3.05) is 17.7 Å². The molecule has 18 heavy (non-hydrogen) atoms. The largest absolute Gasteiger partial charge is 0.383 e. The summed E-state index contributed by atoms with van der Waals surface area (Å²) >= 11 is 3.22. The van der Waals surface area contributed by atoms with E-state index in [1.807, 2.05) is 5.51 Å². The Morgan fingerprint density at radius 2 is 2.28 bits per heavy atom. The van der Waals surface area contributed by atoms with Crippen molar-refractivity contribution in [1.82, 2.24) is 9.36 Å². The van der Waals surface area contributed by atoms with Gasteiger partial charge in [-0.15, -0.1) is 11.3 Å². The summed E-state index contributed by atoms with van der Waals surface area (Å²) in [6.45, 7) is 2.94. The molecule has 1 aliphatic carbocycles. The molecular formula is C12H16N4S2. The number of aromatic nitrogens is 2. The highest BCUT2D eigenvalue weighted by atomic mass is 32.1. The van der Waals surface area contributed by atoms with Gasteiger partial charge in [0.05, 0.1) is 17.7 Å². The van der Waals surface area contributed by atoms with Crippen LogP contribution in [-0.2, 0) is 6.54 Å². The molecule has 6 heteroatoms. The Morgan fingerprint density at radius 1 is 1.50 bits per heavy atom. The van der Waals surface area contributed by atoms with E-state index in [1.54, 1.807) is 11.3 Å². The third-order valence-corrected chi connectivity index (χ3v) is 5.21. The molecule has 0 atom stereocenters. The lowest BCUT2D eigenvalue weighted by atomic mass is 10.2. The highest BCUT2D eigenvalue weighted by molar-refractivity contribution is 7.11. The van der Waals surface area contributed by atoms with Crippen molar-refractivity contribution in [2.45, 2.75) is 32.2 Å². The lowest BCUT2D eigenvalue weighted by Gasteiger charge is -2.18. The molecule has 0 aliphatic heterocycles. The summed E-state index contributed by atoms with van der Waals surface area (Å²) < 4.78 is 4.32. The van der Waals surface area contributed by atoms with E-state index in [2.05, 4.69) is 28.2 Å². The summed E-state index contributed by atoms with van der Waals surface area (Å²) in [5.41, 5.74) is 10.3. The van der Waals surface area contributed by atoms with E-state index in [9.17, 15) is 0 Å². The molecule has 0 unspecified atom stereocenters. The van der Waals surface area contributed by atoms with Crippen LogP contribution < -0.4 is 10.6 Å². The van der Waals surface area contributed by atoms with Gasteiger partial charge in [-0.2, -0.15) is 4.37 Å². The number of hydrogen-bond donors (Lipinski definition) is 1. The molecule has 3 rings (SSSR count). The van der Waals surface area contributed by atoms with Crippen LogP contribution in [0.3, 0.4) is 0 Å². The van der Waals surface area contributed by atoms with Gasteiger partial charge in [-0.3, -0.25) is 0 Å². The van der Waals surface area contributed by atoms with Gasteiger partial charge in [0.25, 0.3) is 0 Å². The minimum Gasteiger partial charge on any atom is -0.383 e. The van der Waals surface area contributed by atoms with Crippen LogP contribution in [0.1, 0.15) is 34.9 Å². The van der Waals surface area contributed by atoms with Gasteiger partial charge in [0, 0.05) is 17.5 Å². The molecule has 0 aromatic carbocycles. The lowest BCUT2D eigenvalue weighted by molar-refractivity contribution is 0.924. The summed E-state index contributed by atoms with van der Waals surface area (Å²) in [6, 6.07) is 0. The molecule has 2 aromatic rings. The van der Waals surface area contributed by atoms with Crippen LogP contribution in [0.15, 0.2) is 5.51 Å². The Bertz CT molecular complexity index is 556. The first-order chi connectivity index (χ1) is 8.66. The van der Waals surface area contributed by atoms with Crippen LogP contribution in [-0.4, -0.2) is 16.4 Å². The van der Waals surface area contributed by atoms with Gasteiger partial charge in [-0.25, -0.2) is 4.98 Å². The Kier molecular flexibility index (Phi) is 2.99. The van der Waals surface area contributed by atoms with Crippen LogP contribution >= 0.6 is 22.9 Å². The van der Waals surface area contributed by atoms with E-state index < -0.39 is 0 Å². The summed E-state index contributed by atoms with van der Waals surface area (Å²) in [4.78, 5) is 7.86. The van der Waals surface area contributed by atoms with Gasteiger partial charge in [0.1, 0.15) is 10.8 Å². The van der Waals surface area contributed by atoms with Gasteiger partial charge >= 0.3 is 0 Å². The first kappa shape index (κ1) is 11.9. The first-order valence-corrected chi connectivity index (χ1v) is 7.67. The van der Waals surface area contributed by atoms with Crippen molar-refractivity contribution in [3.63, 3.8) is 0 Å². The Morgan fingerprint density at radius 3 is 2.89 bits per heavy atom. The van der Waals surface area contributed by atoms with Crippen LogP contribution in [0, 0.1) is 6.92 Å². The summed E-state index contributed by atoms with van der Waals surface area (Å²) in [5.74, 6) is 1.37. The summed E-state index contributed by atoms with van der Waals surface area (Å²) in [5, 5.41) is 1.22. The van der Waals surface area contributed by atoms with E-state index in [0.717, 1.165) is 18.1 Å². The SMILES string of the molecule is Cc1ncsc1CN(C)c1snc(N)c1C1CC1. The Labute approximate surface area is 115 Å². The quantitative estimate of drug-likeness (QED) is 0.935. The molecular weight excluding hydrogens is 264 g/mol. The van der Waals surface area contributed by atoms with Crippen molar-refractivity contribution in [2.24, 2.45) is 0 Å². The fourth-order valence-electron chi connectivity index (χ4n) is 2.10. The summed E-state index contributed by atoms with van der Waals surface area (Å²) in [6.07, 6.45) is 2.51. The predicted octanol–water partition coefficient (Wildman–Crippen LogP) is 3.00. The third-order valence-electron chi connectivity index (χ3n) is 3.29. The topological polar surface area (TPSA) is 55.0 Å². The zero-order valence-electron chi connectivity index (χ0n) is 10.5. The molecule has 96 valence electrons. The second-order valence-electron chi connectivity index (χ2n) is 4.78. The fourth-order valence-corrected chi connectivity index (χ4v) is 3.78. The molecule has 0 amide bonds. The number of rotatable bonds is 4. The molecule has 1 fully saturated rings. The number of anilines is 2. The number of nitrogens with zero attached hydrogens (tertiary/aromatic N) is 3. The van der Waals surface area contributed by atoms with Gasteiger partial charge in [-0.05, 0) is 37.2 Å². The third kappa shape index (κ3) is 2.10. The van der Waals surface area contributed by atoms with Crippen LogP contribution in [0.4, 0.5) is 10.8 Å². The van der Waals surface area contributed by atoms with E-state index in [1.165, 1.54) is 39.8 Å². The van der Waals surface area contributed by atoms with Crippen molar-refractivity contribution in [1.29, 1.82) is 0 Å². The number of aryl methyl sites for hydroxylation is 1. The predicted molar refractivity (Wildman–Crippen MR) is 77.5 cm³/mol. The van der Waals surface area contributed by atoms with Crippen molar-refractivity contribution < 1.29 is 0 Å². The van der Waals surface area contributed by atoms with Crippen molar-refractivity contribution in [3.05, 3.63) is 21.6 Å². The zero-order chi connectivity index (χ0) is 12.7. The molecule has 2 heterocycles. The van der Waals surface area contributed by atoms with E-state index >= 15 is 0 Å². The lowest BCUT2D eigenvalue weighted by Crippen LogP contribution is -2.16. The maximum atomic E-state index is 5.99. The highest BCUT2D eigenvalue weighted by Gasteiger charge is 2.31. The van der Waals surface area contributed by atoms with Crippen LogP contribution in [0.25, 0.3) is 0 Å². The molecule has 0 spiro atoms. The zero-order valence-corrected chi connectivity index (χ0v) is 12.1. The number of thiazole rings is 1. The normalized spacial score (nSPS) is 15.0.